The minimum Gasteiger partial charge on any atom is -0.0881 e. The number of hydrogen-bond acceptors (Lipinski definition) is 1. The summed E-state index contributed by atoms with van der Waals surface area (Å²) in [5.41, 5.74) is 12.7. The molecule has 0 spiro atoms. The Morgan fingerprint density at radius 2 is 0.976 bits per heavy atom. The second kappa shape index (κ2) is 9.08. The fourth-order valence-corrected chi connectivity index (χ4v) is 8.72. The van der Waals surface area contributed by atoms with E-state index in [0.29, 0.717) is 0 Å². The Morgan fingerprint density at radius 1 is 0.405 bits per heavy atom. The van der Waals surface area contributed by atoms with E-state index in [-0.39, 0.29) is 0 Å². The van der Waals surface area contributed by atoms with E-state index >= 15 is 0 Å². The summed E-state index contributed by atoms with van der Waals surface area (Å²) in [5.74, 6) is 0. The van der Waals surface area contributed by atoms with Crippen molar-refractivity contribution in [1.29, 1.82) is 0 Å². The molecular formula is C41H26S. The normalized spacial score (nSPS) is 13.8. The van der Waals surface area contributed by atoms with Gasteiger partial charge < -0.3 is 0 Å². The van der Waals surface area contributed by atoms with Crippen molar-refractivity contribution in [2.75, 3.05) is 0 Å². The molecule has 7 aromatic rings. The summed E-state index contributed by atoms with van der Waals surface area (Å²) in [7, 11) is 0. The van der Waals surface area contributed by atoms with Crippen molar-refractivity contribution in [3.05, 3.63) is 180 Å². The number of hydrogen-bond donors (Lipinski definition) is 0. The van der Waals surface area contributed by atoms with E-state index in [1.165, 1.54) is 76.2 Å². The van der Waals surface area contributed by atoms with Gasteiger partial charge >= 0.3 is 0 Å². The summed E-state index contributed by atoms with van der Waals surface area (Å²) in [4.78, 5) is 2.67. The molecule has 0 bridgehead atoms. The van der Waals surface area contributed by atoms with Gasteiger partial charge in [0.2, 0.25) is 0 Å². The zero-order valence-corrected chi connectivity index (χ0v) is 23.7. The van der Waals surface area contributed by atoms with E-state index in [9.17, 15) is 0 Å². The molecule has 0 radical (unpaired) electrons. The van der Waals surface area contributed by atoms with Crippen LogP contribution in [0.4, 0.5) is 0 Å². The molecule has 0 amide bonds. The van der Waals surface area contributed by atoms with Gasteiger partial charge in [-0.2, -0.15) is 0 Å². The molecule has 196 valence electrons. The lowest BCUT2D eigenvalue weighted by Crippen LogP contribution is -2.28. The van der Waals surface area contributed by atoms with Crippen molar-refractivity contribution >= 4 is 22.5 Å². The highest BCUT2D eigenvalue weighted by Crippen LogP contribution is 2.57. The van der Waals surface area contributed by atoms with Crippen molar-refractivity contribution in [3.63, 3.8) is 0 Å². The van der Waals surface area contributed by atoms with Gasteiger partial charge in [-0.1, -0.05) is 157 Å². The molecule has 1 aliphatic carbocycles. The first kappa shape index (κ1) is 23.8. The minimum absolute atomic E-state index is 0.398. The monoisotopic (exact) mass is 550 g/mol. The summed E-state index contributed by atoms with van der Waals surface area (Å²) in [6.45, 7) is 0. The van der Waals surface area contributed by atoms with Crippen LogP contribution in [0.15, 0.2) is 168 Å². The predicted molar refractivity (Wildman–Crippen MR) is 176 cm³/mol. The predicted octanol–water partition coefficient (Wildman–Crippen LogP) is 11.0. The SMILES string of the molecule is c1ccc(C2(c3cccc(-c4cccc5c4Sc4cccc6cccc-5c46)c3)c3ccccc3-c3ccccc32)cc1. The van der Waals surface area contributed by atoms with Gasteiger partial charge in [-0.15, -0.1) is 0 Å². The maximum atomic E-state index is 2.45. The molecule has 0 atom stereocenters. The van der Waals surface area contributed by atoms with Crippen LogP contribution in [0, 0.1) is 0 Å². The van der Waals surface area contributed by atoms with E-state index < -0.39 is 5.41 Å². The number of rotatable bonds is 3. The van der Waals surface area contributed by atoms with Crippen LogP contribution in [0.5, 0.6) is 0 Å². The largest absolute Gasteiger partial charge is 0.0881 e. The number of benzene rings is 7. The molecule has 0 saturated heterocycles. The maximum Gasteiger partial charge on any atom is 0.0713 e. The van der Waals surface area contributed by atoms with Gasteiger partial charge in [-0.05, 0) is 73.2 Å². The summed E-state index contributed by atoms with van der Waals surface area (Å²) in [6.07, 6.45) is 0. The van der Waals surface area contributed by atoms with E-state index in [0.717, 1.165) is 0 Å². The van der Waals surface area contributed by atoms with Crippen LogP contribution in [0.3, 0.4) is 0 Å². The van der Waals surface area contributed by atoms with Gasteiger partial charge in [0, 0.05) is 15.2 Å². The lowest BCUT2D eigenvalue weighted by atomic mass is 9.67. The third-order valence-electron chi connectivity index (χ3n) is 9.15. The van der Waals surface area contributed by atoms with E-state index in [1.54, 1.807) is 0 Å². The smallest absolute Gasteiger partial charge is 0.0713 e. The van der Waals surface area contributed by atoms with Crippen LogP contribution < -0.4 is 0 Å². The second-order valence-electron chi connectivity index (χ2n) is 11.2. The highest BCUT2D eigenvalue weighted by Gasteiger charge is 2.45. The zero-order valence-electron chi connectivity index (χ0n) is 22.9. The van der Waals surface area contributed by atoms with Gasteiger partial charge in [0.15, 0.2) is 0 Å². The molecular weight excluding hydrogens is 525 g/mol. The van der Waals surface area contributed by atoms with Crippen LogP contribution in [0.1, 0.15) is 22.3 Å². The molecule has 2 aliphatic rings. The van der Waals surface area contributed by atoms with Crippen LogP contribution in [0.2, 0.25) is 0 Å². The molecule has 9 rings (SSSR count). The van der Waals surface area contributed by atoms with Crippen LogP contribution >= 0.6 is 11.8 Å². The minimum atomic E-state index is -0.398. The summed E-state index contributed by atoms with van der Waals surface area (Å²) in [5, 5.41) is 2.67. The lowest BCUT2D eigenvalue weighted by molar-refractivity contribution is 0.769. The molecule has 0 fully saturated rings. The maximum absolute atomic E-state index is 2.45. The molecule has 0 nitrogen and oxygen atoms in total. The van der Waals surface area contributed by atoms with Crippen molar-refractivity contribution in [2.24, 2.45) is 0 Å². The van der Waals surface area contributed by atoms with Gasteiger partial charge in [-0.3, -0.25) is 0 Å². The first-order valence-corrected chi connectivity index (χ1v) is 15.3. The molecule has 0 aromatic heterocycles. The van der Waals surface area contributed by atoms with Crippen molar-refractivity contribution in [2.45, 2.75) is 15.2 Å². The second-order valence-corrected chi connectivity index (χ2v) is 12.3. The molecule has 7 aromatic carbocycles. The molecule has 0 unspecified atom stereocenters. The molecule has 1 heterocycles. The van der Waals surface area contributed by atoms with Crippen molar-refractivity contribution < 1.29 is 0 Å². The van der Waals surface area contributed by atoms with Gasteiger partial charge in [0.05, 0.1) is 5.41 Å². The van der Waals surface area contributed by atoms with E-state index in [2.05, 4.69) is 158 Å². The Kier molecular flexibility index (Phi) is 5.15. The Bertz CT molecular complexity index is 2120. The molecule has 42 heavy (non-hydrogen) atoms. The van der Waals surface area contributed by atoms with Crippen LogP contribution in [-0.4, -0.2) is 0 Å². The average molecular weight is 551 g/mol. The third kappa shape index (κ3) is 3.20. The molecule has 0 N–H and O–H groups in total. The van der Waals surface area contributed by atoms with E-state index in [4.69, 9.17) is 0 Å². The van der Waals surface area contributed by atoms with Crippen molar-refractivity contribution in [3.8, 4) is 33.4 Å². The Balaban J connectivity index is 1.31. The average Bonchev–Trinajstić information content (AvgIpc) is 3.37. The van der Waals surface area contributed by atoms with Crippen LogP contribution in [-0.2, 0) is 5.41 Å². The first-order chi connectivity index (χ1) is 20.8. The van der Waals surface area contributed by atoms with Crippen LogP contribution in [0.25, 0.3) is 44.2 Å². The van der Waals surface area contributed by atoms with Gasteiger partial charge in [-0.25, -0.2) is 0 Å². The first-order valence-electron chi connectivity index (χ1n) is 14.5. The zero-order chi connectivity index (χ0) is 27.7. The van der Waals surface area contributed by atoms with Gasteiger partial charge in [0.1, 0.15) is 0 Å². The fourth-order valence-electron chi connectivity index (χ4n) is 7.44. The molecule has 0 saturated carbocycles. The fraction of sp³-hybridized carbons (Fsp3) is 0.0244. The van der Waals surface area contributed by atoms with Gasteiger partial charge in [0.25, 0.3) is 0 Å². The number of fused-ring (bicyclic) bond motifs is 5. The third-order valence-corrected chi connectivity index (χ3v) is 10.4. The Morgan fingerprint density at radius 3 is 1.76 bits per heavy atom. The lowest BCUT2D eigenvalue weighted by Gasteiger charge is -2.34. The highest BCUT2D eigenvalue weighted by molar-refractivity contribution is 8.00. The molecule has 1 aliphatic heterocycles. The molecule has 1 heteroatoms. The van der Waals surface area contributed by atoms with E-state index in [1.807, 2.05) is 11.8 Å². The highest BCUT2D eigenvalue weighted by atomic mass is 32.2. The Labute approximate surface area is 250 Å². The summed E-state index contributed by atoms with van der Waals surface area (Å²) in [6, 6.07) is 58.5. The summed E-state index contributed by atoms with van der Waals surface area (Å²) < 4.78 is 0. The Hall–Kier alpha value is -4.85. The standard InChI is InChI=1S/C41H26S/c1-2-15-29(16-3-1)41(36-23-6-4-18-32(36)33-19-5-7-24-37(33)41)30-17-8-14-28(26-30)31-20-11-22-35-34-21-9-12-27-13-10-25-38(39(27)34)42-40(31)35/h1-26H. The van der Waals surface area contributed by atoms with Crippen molar-refractivity contribution in [1.82, 2.24) is 0 Å². The topological polar surface area (TPSA) is 0 Å². The quantitative estimate of drug-likeness (QED) is 0.211. The summed E-state index contributed by atoms with van der Waals surface area (Å²) >= 11 is 1.91.